The van der Waals surface area contributed by atoms with Crippen molar-refractivity contribution in [2.24, 2.45) is 4.99 Å². The molecular formula is C7H11NO. The summed E-state index contributed by atoms with van der Waals surface area (Å²) in [6, 6.07) is 0. The fourth-order valence-corrected chi connectivity index (χ4v) is 0.789. The molecule has 0 spiro atoms. The van der Waals surface area contributed by atoms with E-state index in [4.69, 9.17) is 4.74 Å². The summed E-state index contributed by atoms with van der Waals surface area (Å²) in [5.74, 6) is 0.877. The molecule has 0 saturated heterocycles. The molecule has 1 heterocycles. The Balaban J connectivity index is 2.73. The Bertz CT molecular complexity index is 168. The predicted octanol–water partition coefficient (Wildman–Crippen LogP) is 1.73. The van der Waals surface area contributed by atoms with E-state index < -0.39 is 0 Å². The van der Waals surface area contributed by atoms with Gasteiger partial charge < -0.3 is 4.74 Å². The molecule has 1 aliphatic rings. The summed E-state index contributed by atoms with van der Waals surface area (Å²) in [5.41, 5.74) is -0.209. The third kappa shape index (κ3) is 1.56. The fourth-order valence-electron chi connectivity index (χ4n) is 0.789. The van der Waals surface area contributed by atoms with Crippen molar-refractivity contribution in [3.63, 3.8) is 0 Å². The molecule has 2 nitrogen and oxygen atoms in total. The largest absolute Gasteiger partial charge is 0.485 e. The van der Waals surface area contributed by atoms with Gasteiger partial charge in [-0.1, -0.05) is 0 Å². The average Bonchev–Trinajstić information content (AvgIpc) is 1.60. The maximum absolute atomic E-state index is 5.39. The van der Waals surface area contributed by atoms with E-state index in [1.165, 1.54) is 0 Å². The second-order valence-corrected chi connectivity index (χ2v) is 2.72. The first-order valence-corrected chi connectivity index (χ1v) is 3.00. The molecule has 0 unspecified atom stereocenters. The summed E-state index contributed by atoms with van der Waals surface area (Å²) in [6.07, 6.45) is 3.51. The van der Waals surface area contributed by atoms with Crippen LogP contribution in [-0.2, 0) is 4.74 Å². The van der Waals surface area contributed by atoms with Crippen molar-refractivity contribution in [1.82, 2.24) is 0 Å². The van der Waals surface area contributed by atoms with E-state index in [1.54, 1.807) is 12.4 Å². The summed E-state index contributed by atoms with van der Waals surface area (Å²) in [4.78, 5) is 4.00. The Morgan fingerprint density at radius 3 is 2.56 bits per heavy atom. The zero-order chi connectivity index (χ0) is 6.91. The van der Waals surface area contributed by atoms with Crippen molar-refractivity contribution < 1.29 is 4.74 Å². The summed E-state index contributed by atoms with van der Waals surface area (Å²) in [5, 5.41) is 0. The molecule has 0 aromatic carbocycles. The van der Waals surface area contributed by atoms with Crippen molar-refractivity contribution in [2.45, 2.75) is 26.4 Å². The minimum atomic E-state index is -0.209. The highest BCUT2D eigenvalue weighted by atomic mass is 16.5. The monoisotopic (exact) mass is 125 g/mol. The van der Waals surface area contributed by atoms with E-state index in [-0.39, 0.29) is 5.60 Å². The van der Waals surface area contributed by atoms with Crippen molar-refractivity contribution in [3.8, 4) is 0 Å². The summed E-state index contributed by atoms with van der Waals surface area (Å²) < 4.78 is 5.39. The molecule has 0 aliphatic carbocycles. The Morgan fingerprint density at radius 2 is 2.22 bits per heavy atom. The molecule has 50 valence electrons. The fraction of sp³-hybridized carbons (Fsp3) is 0.571. The first kappa shape index (κ1) is 6.33. The second kappa shape index (κ2) is 1.87. The van der Waals surface area contributed by atoms with Crippen LogP contribution in [0.4, 0.5) is 0 Å². The average molecular weight is 125 g/mol. The molecule has 0 aromatic heterocycles. The highest BCUT2D eigenvalue weighted by Gasteiger charge is 2.18. The number of allylic oxidation sites excluding steroid dienone is 1. The first-order chi connectivity index (χ1) is 4.10. The van der Waals surface area contributed by atoms with Crippen LogP contribution in [-0.4, -0.2) is 11.8 Å². The van der Waals surface area contributed by atoms with Crippen molar-refractivity contribution in [2.75, 3.05) is 0 Å². The number of rotatable bonds is 0. The van der Waals surface area contributed by atoms with Gasteiger partial charge in [-0.05, 0) is 20.8 Å². The smallest absolute Gasteiger partial charge is 0.138 e. The maximum Gasteiger partial charge on any atom is 0.138 e. The van der Waals surface area contributed by atoms with Crippen LogP contribution in [0.5, 0.6) is 0 Å². The van der Waals surface area contributed by atoms with Crippen LogP contribution in [0.3, 0.4) is 0 Å². The highest BCUT2D eigenvalue weighted by molar-refractivity contribution is 5.69. The van der Waals surface area contributed by atoms with Gasteiger partial charge in [0, 0.05) is 6.21 Å². The lowest BCUT2D eigenvalue weighted by Gasteiger charge is -2.24. The van der Waals surface area contributed by atoms with Gasteiger partial charge in [0.15, 0.2) is 0 Å². The summed E-state index contributed by atoms with van der Waals surface area (Å²) in [6.45, 7) is 5.86. The van der Waals surface area contributed by atoms with E-state index in [1.807, 2.05) is 20.8 Å². The zero-order valence-corrected chi connectivity index (χ0v) is 6.01. The molecule has 0 saturated carbocycles. The van der Waals surface area contributed by atoms with Crippen molar-refractivity contribution in [1.29, 1.82) is 0 Å². The minimum absolute atomic E-state index is 0.209. The van der Waals surface area contributed by atoms with Crippen molar-refractivity contribution >= 4 is 6.21 Å². The lowest BCUT2D eigenvalue weighted by atomic mass is 10.1. The van der Waals surface area contributed by atoms with Crippen LogP contribution in [0.1, 0.15) is 20.8 Å². The van der Waals surface area contributed by atoms with Gasteiger partial charge in [-0.3, -0.25) is 4.99 Å². The molecule has 0 amide bonds. The summed E-state index contributed by atoms with van der Waals surface area (Å²) >= 11 is 0. The number of hydrogen-bond donors (Lipinski definition) is 0. The molecule has 0 N–H and O–H groups in total. The van der Waals surface area contributed by atoms with Crippen LogP contribution in [0.25, 0.3) is 0 Å². The van der Waals surface area contributed by atoms with Gasteiger partial charge in [0.1, 0.15) is 11.4 Å². The molecule has 0 atom stereocenters. The molecule has 0 aromatic rings. The summed E-state index contributed by atoms with van der Waals surface area (Å²) in [7, 11) is 0. The Morgan fingerprint density at radius 1 is 1.56 bits per heavy atom. The molecule has 2 heteroatoms. The van der Waals surface area contributed by atoms with Crippen molar-refractivity contribution in [3.05, 3.63) is 12.0 Å². The molecule has 1 aliphatic heterocycles. The molecule has 0 radical (unpaired) electrons. The van der Waals surface area contributed by atoms with E-state index in [0.717, 1.165) is 5.76 Å². The highest BCUT2D eigenvalue weighted by Crippen LogP contribution is 2.15. The van der Waals surface area contributed by atoms with Gasteiger partial charge >= 0.3 is 0 Å². The SMILES string of the molecule is CC1=CN=CC(C)(C)O1. The lowest BCUT2D eigenvalue weighted by molar-refractivity contribution is 0.0972. The minimum Gasteiger partial charge on any atom is -0.485 e. The van der Waals surface area contributed by atoms with Crippen LogP contribution in [0.15, 0.2) is 17.0 Å². The third-order valence-electron chi connectivity index (χ3n) is 1.07. The molecule has 0 fully saturated rings. The molecule has 1 rings (SSSR count). The van der Waals surface area contributed by atoms with Gasteiger partial charge in [-0.15, -0.1) is 0 Å². The molecule has 0 bridgehead atoms. The number of nitrogens with zero attached hydrogens (tertiary/aromatic N) is 1. The Labute approximate surface area is 55.2 Å². The number of aliphatic imine (C=N–C) groups is 1. The zero-order valence-electron chi connectivity index (χ0n) is 6.01. The van der Waals surface area contributed by atoms with E-state index in [9.17, 15) is 0 Å². The van der Waals surface area contributed by atoms with Crippen LogP contribution >= 0.6 is 0 Å². The van der Waals surface area contributed by atoms with E-state index >= 15 is 0 Å². The van der Waals surface area contributed by atoms with Gasteiger partial charge in [-0.2, -0.15) is 0 Å². The first-order valence-electron chi connectivity index (χ1n) is 3.00. The molecule has 9 heavy (non-hydrogen) atoms. The number of ether oxygens (including phenoxy) is 1. The Hall–Kier alpha value is -0.790. The normalized spacial score (nSPS) is 22.8. The topological polar surface area (TPSA) is 21.6 Å². The predicted molar refractivity (Wildman–Crippen MR) is 37.4 cm³/mol. The van der Waals surface area contributed by atoms with Crippen LogP contribution in [0.2, 0.25) is 0 Å². The standard InChI is InChI=1S/C7H11NO/c1-6-4-8-5-7(2,3)9-6/h4-5H,1-3H3. The van der Waals surface area contributed by atoms with E-state index in [0.29, 0.717) is 0 Å². The van der Waals surface area contributed by atoms with E-state index in [2.05, 4.69) is 4.99 Å². The maximum atomic E-state index is 5.39. The van der Waals surface area contributed by atoms with Gasteiger partial charge in [0.2, 0.25) is 0 Å². The third-order valence-corrected chi connectivity index (χ3v) is 1.07. The quantitative estimate of drug-likeness (QED) is 0.483. The van der Waals surface area contributed by atoms with Gasteiger partial charge in [0.05, 0.1) is 6.20 Å². The van der Waals surface area contributed by atoms with Gasteiger partial charge in [0.25, 0.3) is 0 Å². The second-order valence-electron chi connectivity index (χ2n) is 2.72. The number of hydrogen-bond acceptors (Lipinski definition) is 2. The van der Waals surface area contributed by atoms with Crippen LogP contribution in [0, 0.1) is 0 Å². The lowest BCUT2D eigenvalue weighted by Crippen LogP contribution is -2.26. The Kier molecular flexibility index (Phi) is 1.31. The molecular weight excluding hydrogens is 114 g/mol. The van der Waals surface area contributed by atoms with Crippen LogP contribution < -0.4 is 0 Å². The van der Waals surface area contributed by atoms with Gasteiger partial charge in [-0.25, -0.2) is 0 Å².